The highest BCUT2D eigenvalue weighted by molar-refractivity contribution is 5.34. The molecular formula is C14H14F5N3O. The van der Waals surface area contributed by atoms with Crippen LogP contribution < -0.4 is 0 Å². The van der Waals surface area contributed by atoms with E-state index >= 15 is 0 Å². The van der Waals surface area contributed by atoms with Crippen molar-refractivity contribution in [2.75, 3.05) is 13.6 Å². The minimum Gasteiger partial charge on any atom is -0.382 e. The molecule has 126 valence electrons. The number of likely N-dealkylation sites (N-methyl/N-ethyl adjacent to an activating group) is 1. The second-order valence-electron chi connectivity index (χ2n) is 5.08. The minimum atomic E-state index is -4.70. The maximum absolute atomic E-state index is 13.6. The van der Waals surface area contributed by atoms with E-state index in [0.29, 0.717) is 5.69 Å². The van der Waals surface area contributed by atoms with Gasteiger partial charge in [-0.05, 0) is 25.2 Å². The Balaban J connectivity index is 2.08. The van der Waals surface area contributed by atoms with Crippen LogP contribution in [0.3, 0.4) is 0 Å². The molecule has 23 heavy (non-hydrogen) atoms. The number of benzene rings is 1. The summed E-state index contributed by atoms with van der Waals surface area (Å²) in [5.41, 5.74) is -0.0544. The summed E-state index contributed by atoms with van der Waals surface area (Å²) in [7, 11) is 1.37. The van der Waals surface area contributed by atoms with Crippen LogP contribution in [0.5, 0.6) is 0 Å². The lowest BCUT2D eigenvalue weighted by atomic mass is 10.3. The van der Waals surface area contributed by atoms with Gasteiger partial charge in [-0.3, -0.25) is 4.90 Å². The fourth-order valence-electron chi connectivity index (χ4n) is 2.02. The van der Waals surface area contributed by atoms with Crippen LogP contribution in [0.15, 0.2) is 30.5 Å². The molecule has 0 aliphatic rings. The second kappa shape index (κ2) is 6.63. The first-order valence-electron chi connectivity index (χ1n) is 6.60. The normalized spacial score (nSPS) is 13.6. The number of alkyl halides is 3. The van der Waals surface area contributed by atoms with Gasteiger partial charge in [0.1, 0.15) is 5.69 Å². The standard InChI is InChI=1S/C14H14F5N3O/c1-21(8-12(23)14(17,18)19)7-9-5-6-22(20-9)13-10(15)3-2-4-11(13)16/h2-6,12,23H,7-8H2,1H3. The van der Waals surface area contributed by atoms with E-state index in [1.807, 2.05) is 0 Å². The van der Waals surface area contributed by atoms with Crippen molar-refractivity contribution < 1.29 is 27.1 Å². The average Bonchev–Trinajstić information content (AvgIpc) is 2.85. The SMILES string of the molecule is CN(Cc1ccn(-c2c(F)cccc2F)n1)CC(O)C(F)(F)F. The molecule has 9 heteroatoms. The molecular weight excluding hydrogens is 321 g/mol. The van der Waals surface area contributed by atoms with E-state index in [-0.39, 0.29) is 12.2 Å². The molecule has 0 fully saturated rings. The number of hydrogen-bond acceptors (Lipinski definition) is 3. The number of aliphatic hydroxyl groups is 1. The van der Waals surface area contributed by atoms with Gasteiger partial charge in [0.15, 0.2) is 17.7 Å². The summed E-state index contributed by atoms with van der Waals surface area (Å²) in [5, 5.41) is 12.9. The second-order valence-corrected chi connectivity index (χ2v) is 5.08. The highest BCUT2D eigenvalue weighted by Crippen LogP contribution is 2.21. The molecule has 1 aromatic carbocycles. The number of aliphatic hydroxyl groups excluding tert-OH is 1. The van der Waals surface area contributed by atoms with Gasteiger partial charge in [0.25, 0.3) is 0 Å². The number of rotatable bonds is 5. The number of nitrogens with zero attached hydrogens (tertiary/aromatic N) is 3. The first-order chi connectivity index (χ1) is 10.7. The third kappa shape index (κ3) is 4.26. The molecule has 1 heterocycles. The Morgan fingerprint density at radius 2 is 1.83 bits per heavy atom. The Kier molecular flexibility index (Phi) is 5.00. The summed E-state index contributed by atoms with van der Waals surface area (Å²) in [6.45, 7) is -0.652. The molecule has 0 saturated carbocycles. The number of aromatic nitrogens is 2. The van der Waals surface area contributed by atoms with Crippen molar-refractivity contribution in [3.05, 3.63) is 47.8 Å². The maximum Gasteiger partial charge on any atom is 0.415 e. The van der Waals surface area contributed by atoms with E-state index in [4.69, 9.17) is 5.11 Å². The van der Waals surface area contributed by atoms with Gasteiger partial charge in [0.05, 0.1) is 5.69 Å². The van der Waals surface area contributed by atoms with E-state index < -0.39 is 30.5 Å². The molecule has 0 radical (unpaired) electrons. The van der Waals surface area contributed by atoms with Gasteiger partial charge in [-0.2, -0.15) is 18.3 Å². The quantitative estimate of drug-likeness (QED) is 0.854. The predicted octanol–water partition coefficient (Wildman–Crippen LogP) is 2.51. The van der Waals surface area contributed by atoms with Crippen molar-refractivity contribution in [1.82, 2.24) is 14.7 Å². The van der Waals surface area contributed by atoms with Crippen LogP contribution in [0.25, 0.3) is 5.69 Å². The Bertz CT molecular complexity index is 650. The molecule has 0 aliphatic heterocycles. The van der Waals surface area contributed by atoms with Crippen LogP contribution in [0, 0.1) is 11.6 Å². The monoisotopic (exact) mass is 335 g/mol. The topological polar surface area (TPSA) is 41.3 Å². The van der Waals surface area contributed by atoms with Gasteiger partial charge in [-0.25, -0.2) is 13.5 Å². The number of hydrogen-bond donors (Lipinski definition) is 1. The highest BCUT2D eigenvalue weighted by atomic mass is 19.4. The Morgan fingerprint density at radius 1 is 1.22 bits per heavy atom. The molecule has 1 atom stereocenters. The van der Waals surface area contributed by atoms with Gasteiger partial charge in [-0.15, -0.1) is 0 Å². The third-order valence-electron chi connectivity index (χ3n) is 3.11. The lowest BCUT2D eigenvalue weighted by molar-refractivity contribution is -0.207. The lowest BCUT2D eigenvalue weighted by Gasteiger charge is -2.21. The van der Waals surface area contributed by atoms with E-state index in [2.05, 4.69) is 5.10 Å². The Labute approximate surface area is 128 Å². The summed E-state index contributed by atoms with van der Waals surface area (Å²) in [6, 6.07) is 4.80. The zero-order valence-corrected chi connectivity index (χ0v) is 12.1. The van der Waals surface area contributed by atoms with Crippen LogP contribution in [0.2, 0.25) is 0 Å². The molecule has 1 aromatic heterocycles. The molecule has 1 N–H and O–H groups in total. The fourth-order valence-corrected chi connectivity index (χ4v) is 2.02. The van der Waals surface area contributed by atoms with Crippen molar-refractivity contribution >= 4 is 0 Å². The zero-order valence-electron chi connectivity index (χ0n) is 12.1. The fraction of sp³-hybridized carbons (Fsp3) is 0.357. The van der Waals surface area contributed by atoms with Crippen molar-refractivity contribution in [2.24, 2.45) is 0 Å². The molecule has 0 amide bonds. The van der Waals surface area contributed by atoms with E-state index in [0.717, 1.165) is 16.8 Å². The van der Waals surface area contributed by atoms with Crippen LogP contribution in [-0.4, -0.2) is 45.7 Å². The summed E-state index contributed by atoms with van der Waals surface area (Å²) in [5.74, 6) is -1.61. The van der Waals surface area contributed by atoms with Crippen molar-refractivity contribution in [3.63, 3.8) is 0 Å². The molecule has 4 nitrogen and oxygen atoms in total. The molecule has 0 aliphatic carbocycles. The third-order valence-corrected chi connectivity index (χ3v) is 3.11. The Hall–Kier alpha value is -2.00. The molecule has 0 bridgehead atoms. The van der Waals surface area contributed by atoms with Crippen molar-refractivity contribution in [2.45, 2.75) is 18.8 Å². The average molecular weight is 335 g/mol. The summed E-state index contributed by atoms with van der Waals surface area (Å²) >= 11 is 0. The molecule has 0 spiro atoms. The van der Waals surface area contributed by atoms with Gasteiger partial charge < -0.3 is 5.11 Å². The first kappa shape index (κ1) is 17.4. The predicted molar refractivity (Wildman–Crippen MR) is 71.9 cm³/mol. The molecule has 2 rings (SSSR count). The van der Waals surface area contributed by atoms with Crippen molar-refractivity contribution in [1.29, 1.82) is 0 Å². The van der Waals surface area contributed by atoms with Crippen LogP contribution in [0.1, 0.15) is 5.69 Å². The van der Waals surface area contributed by atoms with Gasteiger partial charge in [-0.1, -0.05) is 6.07 Å². The summed E-state index contributed by atoms with van der Waals surface area (Å²) in [4.78, 5) is 1.21. The maximum atomic E-state index is 13.6. The van der Waals surface area contributed by atoms with E-state index in [9.17, 15) is 22.0 Å². The van der Waals surface area contributed by atoms with Gasteiger partial charge in [0.2, 0.25) is 0 Å². The molecule has 1 unspecified atom stereocenters. The van der Waals surface area contributed by atoms with Gasteiger partial charge >= 0.3 is 6.18 Å². The molecule has 2 aromatic rings. The number of para-hydroxylation sites is 1. The van der Waals surface area contributed by atoms with E-state index in [1.165, 1.54) is 30.3 Å². The summed E-state index contributed by atoms with van der Waals surface area (Å²) in [6.07, 6.45) is -5.87. The highest BCUT2D eigenvalue weighted by Gasteiger charge is 2.38. The largest absolute Gasteiger partial charge is 0.415 e. The smallest absolute Gasteiger partial charge is 0.382 e. The summed E-state index contributed by atoms with van der Waals surface area (Å²) < 4.78 is 65.1. The van der Waals surface area contributed by atoms with Crippen LogP contribution in [0.4, 0.5) is 22.0 Å². The van der Waals surface area contributed by atoms with Crippen LogP contribution in [-0.2, 0) is 6.54 Å². The van der Waals surface area contributed by atoms with Crippen molar-refractivity contribution in [3.8, 4) is 5.69 Å². The first-order valence-corrected chi connectivity index (χ1v) is 6.60. The zero-order chi connectivity index (χ0) is 17.2. The molecule has 0 saturated heterocycles. The number of halogens is 5. The minimum absolute atomic E-state index is 0.0176. The lowest BCUT2D eigenvalue weighted by Crippen LogP contribution is -2.39. The van der Waals surface area contributed by atoms with Gasteiger partial charge in [0, 0.05) is 19.3 Å². The van der Waals surface area contributed by atoms with E-state index in [1.54, 1.807) is 0 Å². The van der Waals surface area contributed by atoms with Crippen LogP contribution >= 0.6 is 0 Å². The Morgan fingerprint density at radius 3 is 2.39 bits per heavy atom.